The van der Waals surface area contributed by atoms with E-state index in [1.54, 1.807) is 18.5 Å². The van der Waals surface area contributed by atoms with E-state index in [-0.39, 0.29) is 5.56 Å². The lowest BCUT2D eigenvalue weighted by Crippen LogP contribution is -2.22. The zero-order valence-corrected chi connectivity index (χ0v) is 10.6. The Kier molecular flexibility index (Phi) is 3.72. The molecule has 0 fully saturated rings. The summed E-state index contributed by atoms with van der Waals surface area (Å²) in [5, 5.41) is 7.21. The van der Waals surface area contributed by atoms with E-state index in [4.69, 9.17) is 0 Å². The van der Waals surface area contributed by atoms with Gasteiger partial charge in [0.1, 0.15) is 5.82 Å². The van der Waals surface area contributed by atoms with Crippen LogP contribution in [-0.4, -0.2) is 21.3 Å². The monoisotopic (exact) mass is 244 g/mol. The van der Waals surface area contributed by atoms with Gasteiger partial charge in [-0.05, 0) is 31.0 Å². The first-order valence-corrected chi connectivity index (χ1v) is 5.91. The highest BCUT2D eigenvalue weighted by atomic mass is 16.1. The molecule has 0 aromatic carbocycles. The number of anilines is 1. The normalized spacial score (nSPS) is 10.3. The van der Waals surface area contributed by atoms with E-state index in [1.807, 2.05) is 26.0 Å². The number of aryl methyl sites for hydroxylation is 1. The average molecular weight is 244 g/mol. The van der Waals surface area contributed by atoms with E-state index in [2.05, 4.69) is 15.4 Å². The highest BCUT2D eigenvalue weighted by Gasteiger charge is 2.00. The topological polar surface area (TPSA) is 59.8 Å². The Morgan fingerprint density at radius 3 is 2.78 bits per heavy atom. The van der Waals surface area contributed by atoms with Gasteiger partial charge in [0.25, 0.3) is 5.56 Å². The lowest BCUT2D eigenvalue weighted by Gasteiger charge is -2.06. The van der Waals surface area contributed by atoms with Gasteiger partial charge in [-0.2, -0.15) is 5.10 Å². The number of nitrogens with one attached hydrogen (secondary N) is 1. The number of nitrogens with zero attached hydrogens (tertiary/aromatic N) is 3. The molecule has 2 heterocycles. The molecule has 0 unspecified atom stereocenters. The van der Waals surface area contributed by atoms with Gasteiger partial charge in [0.05, 0.1) is 12.7 Å². The van der Waals surface area contributed by atoms with Crippen LogP contribution < -0.4 is 10.9 Å². The van der Waals surface area contributed by atoms with Gasteiger partial charge in [0, 0.05) is 18.8 Å². The van der Waals surface area contributed by atoms with Gasteiger partial charge >= 0.3 is 0 Å². The fourth-order valence-electron chi connectivity index (χ4n) is 1.62. The van der Waals surface area contributed by atoms with Crippen molar-refractivity contribution >= 4 is 5.82 Å². The van der Waals surface area contributed by atoms with E-state index >= 15 is 0 Å². The fourth-order valence-corrected chi connectivity index (χ4v) is 1.62. The van der Waals surface area contributed by atoms with Gasteiger partial charge in [-0.15, -0.1) is 0 Å². The second-order valence-electron chi connectivity index (χ2n) is 4.11. The van der Waals surface area contributed by atoms with Crippen LogP contribution in [0.4, 0.5) is 5.82 Å². The van der Waals surface area contributed by atoms with Gasteiger partial charge in [0.2, 0.25) is 0 Å². The Morgan fingerprint density at radius 1 is 1.33 bits per heavy atom. The molecular formula is C13H16N4O. The maximum atomic E-state index is 11.7. The van der Waals surface area contributed by atoms with E-state index in [0.29, 0.717) is 6.54 Å². The lowest BCUT2D eigenvalue weighted by molar-refractivity contribution is 0.635. The van der Waals surface area contributed by atoms with Crippen molar-refractivity contribution in [3.63, 3.8) is 0 Å². The summed E-state index contributed by atoms with van der Waals surface area (Å²) >= 11 is 0. The van der Waals surface area contributed by atoms with E-state index in [1.165, 1.54) is 4.68 Å². The summed E-state index contributed by atoms with van der Waals surface area (Å²) in [5.41, 5.74) is 1.73. The fraction of sp³-hybridized carbons (Fsp3) is 0.308. The van der Waals surface area contributed by atoms with Crippen molar-refractivity contribution in [2.45, 2.75) is 20.4 Å². The Labute approximate surface area is 105 Å². The maximum absolute atomic E-state index is 11.7. The molecule has 0 aliphatic heterocycles. The van der Waals surface area contributed by atoms with Gasteiger partial charge in [-0.1, -0.05) is 6.07 Å². The molecule has 5 nitrogen and oxygen atoms in total. The van der Waals surface area contributed by atoms with Crippen LogP contribution in [0.15, 0.2) is 35.4 Å². The van der Waals surface area contributed by atoms with E-state index in [9.17, 15) is 4.79 Å². The lowest BCUT2D eigenvalue weighted by atomic mass is 10.3. The molecule has 0 radical (unpaired) electrons. The molecule has 2 rings (SSSR count). The SMILES string of the molecule is CCNc1ccc(Cn2ncc(C)cc2=O)cn1. The molecule has 0 bridgehead atoms. The molecule has 94 valence electrons. The number of hydrogen-bond donors (Lipinski definition) is 1. The smallest absolute Gasteiger partial charge is 0.267 e. The second-order valence-corrected chi connectivity index (χ2v) is 4.11. The predicted molar refractivity (Wildman–Crippen MR) is 70.7 cm³/mol. The molecule has 5 heteroatoms. The maximum Gasteiger partial charge on any atom is 0.267 e. The summed E-state index contributed by atoms with van der Waals surface area (Å²) in [6, 6.07) is 5.42. The quantitative estimate of drug-likeness (QED) is 0.883. The zero-order valence-electron chi connectivity index (χ0n) is 10.6. The average Bonchev–Trinajstić information content (AvgIpc) is 2.35. The first-order valence-electron chi connectivity index (χ1n) is 5.91. The number of hydrogen-bond acceptors (Lipinski definition) is 4. The third-order valence-electron chi connectivity index (χ3n) is 2.52. The van der Waals surface area contributed by atoms with Crippen LogP contribution in [-0.2, 0) is 6.54 Å². The van der Waals surface area contributed by atoms with Gasteiger partial charge in [0.15, 0.2) is 0 Å². The molecule has 1 N–H and O–H groups in total. The highest BCUT2D eigenvalue weighted by molar-refractivity contribution is 5.35. The van der Waals surface area contributed by atoms with Crippen molar-refractivity contribution in [1.29, 1.82) is 0 Å². The van der Waals surface area contributed by atoms with Crippen molar-refractivity contribution in [2.24, 2.45) is 0 Å². The standard InChI is InChI=1S/C13H16N4O/c1-3-14-12-5-4-11(8-15-12)9-17-13(18)6-10(2)7-16-17/h4-8H,3,9H2,1-2H3,(H,14,15). The highest BCUT2D eigenvalue weighted by Crippen LogP contribution is 2.05. The van der Waals surface area contributed by atoms with Gasteiger partial charge < -0.3 is 5.32 Å². The molecular weight excluding hydrogens is 228 g/mol. The zero-order chi connectivity index (χ0) is 13.0. The molecule has 0 saturated carbocycles. The molecule has 18 heavy (non-hydrogen) atoms. The molecule has 0 aliphatic carbocycles. The molecule has 2 aromatic rings. The molecule has 0 aliphatic rings. The summed E-state index contributed by atoms with van der Waals surface area (Å²) < 4.78 is 1.43. The molecule has 0 saturated heterocycles. The van der Waals surface area contributed by atoms with Crippen LogP contribution in [0.25, 0.3) is 0 Å². The predicted octanol–water partition coefficient (Wildman–Crippen LogP) is 1.43. The van der Waals surface area contributed by atoms with Crippen LogP contribution in [0.5, 0.6) is 0 Å². The number of rotatable bonds is 4. The van der Waals surface area contributed by atoms with E-state index in [0.717, 1.165) is 23.5 Å². The Morgan fingerprint density at radius 2 is 2.17 bits per heavy atom. The number of aromatic nitrogens is 3. The number of pyridine rings is 1. The molecule has 0 atom stereocenters. The van der Waals surface area contributed by atoms with Gasteiger partial charge in [-0.3, -0.25) is 4.79 Å². The van der Waals surface area contributed by atoms with Crippen molar-refractivity contribution in [2.75, 3.05) is 11.9 Å². The minimum Gasteiger partial charge on any atom is -0.370 e. The molecule has 0 spiro atoms. The minimum atomic E-state index is -0.0919. The van der Waals surface area contributed by atoms with Crippen LogP contribution in [0.2, 0.25) is 0 Å². The summed E-state index contributed by atoms with van der Waals surface area (Å²) in [4.78, 5) is 15.9. The minimum absolute atomic E-state index is 0.0919. The van der Waals surface area contributed by atoms with Crippen LogP contribution in [0.3, 0.4) is 0 Å². The Hall–Kier alpha value is -2.17. The summed E-state index contributed by atoms with van der Waals surface area (Å²) in [6.45, 7) is 5.15. The largest absolute Gasteiger partial charge is 0.370 e. The molecule has 0 amide bonds. The summed E-state index contributed by atoms with van der Waals surface area (Å²) in [6.07, 6.45) is 3.44. The van der Waals surface area contributed by atoms with Gasteiger partial charge in [-0.25, -0.2) is 9.67 Å². The Balaban J connectivity index is 2.16. The van der Waals surface area contributed by atoms with E-state index < -0.39 is 0 Å². The van der Waals surface area contributed by atoms with Crippen LogP contribution in [0.1, 0.15) is 18.1 Å². The first-order chi connectivity index (χ1) is 8.69. The third kappa shape index (κ3) is 2.94. The summed E-state index contributed by atoms with van der Waals surface area (Å²) in [5.74, 6) is 0.838. The second kappa shape index (κ2) is 5.44. The first kappa shape index (κ1) is 12.3. The van der Waals surface area contributed by atoms with Crippen molar-refractivity contribution < 1.29 is 0 Å². The Bertz CT molecular complexity index is 574. The van der Waals surface area contributed by atoms with Crippen molar-refractivity contribution in [3.05, 3.63) is 52.1 Å². The summed E-state index contributed by atoms with van der Waals surface area (Å²) in [7, 11) is 0. The van der Waals surface area contributed by atoms with Crippen LogP contribution in [0, 0.1) is 6.92 Å². The molecule has 2 aromatic heterocycles. The third-order valence-corrected chi connectivity index (χ3v) is 2.52. The van der Waals surface area contributed by atoms with Crippen LogP contribution >= 0.6 is 0 Å². The van der Waals surface area contributed by atoms with Crippen molar-refractivity contribution in [3.8, 4) is 0 Å². The van der Waals surface area contributed by atoms with Crippen molar-refractivity contribution in [1.82, 2.24) is 14.8 Å².